The van der Waals surface area contributed by atoms with Crippen molar-refractivity contribution in [1.29, 1.82) is 0 Å². The van der Waals surface area contributed by atoms with Crippen molar-refractivity contribution in [3.63, 3.8) is 0 Å². The van der Waals surface area contributed by atoms with Crippen molar-refractivity contribution in [2.24, 2.45) is 0 Å². The van der Waals surface area contributed by atoms with Crippen LogP contribution in [0.3, 0.4) is 0 Å². The average Bonchev–Trinajstić information content (AvgIpc) is 2.62. The summed E-state index contributed by atoms with van der Waals surface area (Å²) in [4.78, 5) is 0. The minimum absolute atomic E-state index is 0.124. The van der Waals surface area contributed by atoms with Gasteiger partial charge in [-0.2, -0.15) is 0 Å². The fraction of sp³-hybridized carbons (Fsp3) is 0.455. The van der Waals surface area contributed by atoms with E-state index in [-0.39, 0.29) is 11.9 Å². The number of hydrogen-bond acceptors (Lipinski definition) is 2. The van der Waals surface area contributed by atoms with Gasteiger partial charge in [-0.15, -0.1) is 0 Å². The summed E-state index contributed by atoms with van der Waals surface area (Å²) in [5.74, 6) is 0.527. The number of aryl methyl sites for hydroxylation is 1. The van der Waals surface area contributed by atoms with Crippen LogP contribution in [-0.2, 0) is 4.74 Å². The predicted molar refractivity (Wildman–Crippen MR) is 51.0 cm³/mol. The molecule has 1 aliphatic rings. The SMILES string of the molecule is Cc1cc(F)ccc1OC1CCOC1. The van der Waals surface area contributed by atoms with Crippen LogP contribution in [0.5, 0.6) is 5.75 Å². The Kier molecular flexibility index (Phi) is 2.68. The molecule has 1 fully saturated rings. The van der Waals surface area contributed by atoms with Crippen molar-refractivity contribution >= 4 is 0 Å². The molecule has 0 saturated carbocycles. The summed E-state index contributed by atoms with van der Waals surface area (Å²) in [6, 6.07) is 4.56. The molecule has 0 N–H and O–H groups in total. The highest BCUT2D eigenvalue weighted by Crippen LogP contribution is 2.21. The molecule has 0 amide bonds. The highest BCUT2D eigenvalue weighted by Gasteiger charge is 2.17. The third-order valence-electron chi connectivity index (χ3n) is 2.32. The highest BCUT2D eigenvalue weighted by molar-refractivity contribution is 5.32. The van der Waals surface area contributed by atoms with Gasteiger partial charge in [0.05, 0.1) is 13.2 Å². The van der Waals surface area contributed by atoms with Gasteiger partial charge >= 0.3 is 0 Å². The van der Waals surface area contributed by atoms with Crippen LogP contribution in [0.25, 0.3) is 0 Å². The standard InChI is InChI=1S/C11H13FO2/c1-8-6-9(12)2-3-11(8)14-10-4-5-13-7-10/h2-3,6,10H,4-5,7H2,1H3. The van der Waals surface area contributed by atoms with Crippen LogP contribution < -0.4 is 4.74 Å². The van der Waals surface area contributed by atoms with E-state index in [9.17, 15) is 4.39 Å². The van der Waals surface area contributed by atoms with E-state index in [4.69, 9.17) is 9.47 Å². The Hall–Kier alpha value is -1.09. The Balaban J connectivity index is 2.08. The minimum atomic E-state index is -0.225. The van der Waals surface area contributed by atoms with Crippen LogP contribution in [0.4, 0.5) is 4.39 Å². The van der Waals surface area contributed by atoms with Gasteiger partial charge in [0.2, 0.25) is 0 Å². The summed E-state index contributed by atoms with van der Waals surface area (Å²) in [7, 11) is 0. The molecule has 0 bridgehead atoms. The van der Waals surface area contributed by atoms with Crippen molar-refractivity contribution in [1.82, 2.24) is 0 Å². The first-order chi connectivity index (χ1) is 6.75. The normalized spacial score (nSPS) is 21.1. The van der Waals surface area contributed by atoms with E-state index in [2.05, 4.69) is 0 Å². The zero-order valence-corrected chi connectivity index (χ0v) is 8.13. The fourth-order valence-corrected chi connectivity index (χ4v) is 1.53. The second-order valence-electron chi connectivity index (χ2n) is 3.51. The van der Waals surface area contributed by atoms with Gasteiger partial charge in [-0.3, -0.25) is 0 Å². The van der Waals surface area contributed by atoms with Crippen LogP contribution in [0.2, 0.25) is 0 Å². The molecule has 1 heterocycles. The lowest BCUT2D eigenvalue weighted by Crippen LogP contribution is -2.16. The van der Waals surface area contributed by atoms with Crippen LogP contribution in [0.1, 0.15) is 12.0 Å². The van der Waals surface area contributed by atoms with E-state index < -0.39 is 0 Å². The zero-order chi connectivity index (χ0) is 9.97. The first kappa shape index (κ1) is 9.46. The summed E-state index contributed by atoms with van der Waals surface area (Å²) < 4.78 is 23.6. The fourth-order valence-electron chi connectivity index (χ4n) is 1.53. The number of halogens is 1. The lowest BCUT2D eigenvalue weighted by molar-refractivity contribution is 0.141. The summed E-state index contributed by atoms with van der Waals surface area (Å²) in [6.07, 6.45) is 1.04. The molecule has 76 valence electrons. The molecule has 1 saturated heterocycles. The second kappa shape index (κ2) is 3.96. The van der Waals surface area contributed by atoms with Gasteiger partial charge in [0.25, 0.3) is 0 Å². The van der Waals surface area contributed by atoms with Crippen LogP contribution >= 0.6 is 0 Å². The quantitative estimate of drug-likeness (QED) is 0.722. The van der Waals surface area contributed by atoms with Crippen molar-refractivity contribution in [3.8, 4) is 5.75 Å². The molecular formula is C11H13FO2. The first-order valence-electron chi connectivity index (χ1n) is 4.76. The van der Waals surface area contributed by atoms with E-state index in [0.29, 0.717) is 6.61 Å². The van der Waals surface area contributed by atoms with E-state index in [1.807, 2.05) is 6.92 Å². The lowest BCUT2D eigenvalue weighted by atomic mass is 10.2. The molecule has 3 heteroatoms. The van der Waals surface area contributed by atoms with E-state index >= 15 is 0 Å². The maximum Gasteiger partial charge on any atom is 0.124 e. The number of ether oxygens (including phenoxy) is 2. The largest absolute Gasteiger partial charge is 0.488 e. The average molecular weight is 196 g/mol. The molecule has 1 atom stereocenters. The van der Waals surface area contributed by atoms with Gasteiger partial charge in [0.15, 0.2) is 0 Å². The number of hydrogen-bond donors (Lipinski definition) is 0. The molecule has 1 aromatic rings. The molecule has 14 heavy (non-hydrogen) atoms. The van der Waals surface area contributed by atoms with Crippen molar-refractivity contribution in [3.05, 3.63) is 29.6 Å². The molecule has 0 spiro atoms. The molecule has 1 unspecified atom stereocenters. The van der Waals surface area contributed by atoms with E-state index in [1.165, 1.54) is 12.1 Å². The Morgan fingerprint density at radius 1 is 1.50 bits per heavy atom. The smallest absolute Gasteiger partial charge is 0.124 e. The maximum atomic E-state index is 12.8. The molecule has 1 aromatic carbocycles. The van der Waals surface area contributed by atoms with Gasteiger partial charge in [0, 0.05) is 6.42 Å². The molecule has 0 radical (unpaired) electrons. The summed E-state index contributed by atoms with van der Waals surface area (Å²) in [5.41, 5.74) is 0.830. The summed E-state index contributed by atoms with van der Waals surface area (Å²) in [5, 5.41) is 0. The molecule has 0 aromatic heterocycles. The summed E-state index contributed by atoms with van der Waals surface area (Å²) in [6.45, 7) is 3.23. The molecular weight excluding hydrogens is 183 g/mol. The van der Waals surface area contributed by atoms with Crippen LogP contribution in [0, 0.1) is 12.7 Å². The number of rotatable bonds is 2. The van der Waals surface area contributed by atoms with Crippen molar-refractivity contribution in [2.75, 3.05) is 13.2 Å². The zero-order valence-electron chi connectivity index (χ0n) is 8.13. The molecule has 2 nitrogen and oxygen atoms in total. The molecule has 2 rings (SSSR count). The summed E-state index contributed by atoms with van der Waals surface area (Å²) >= 11 is 0. The molecule has 0 aliphatic carbocycles. The Labute approximate surface area is 82.6 Å². The third-order valence-corrected chi connectivity index (χ3v) is 2.32. The topological polar surface area (TPSA) is 18.5 Å². The monoisotopic (exact) mass is 196 g/mol. The Bertz CT molecular complexity index is 319. The number of benzene rings is 1. The maximum absolute atomic E-state index is 12.8. The Morgan fingerprint density at radius 3 is 3.00 bits per heavy atom. The van der Waals surface area contributed by atoms with Gasteiger partial charge in [0.1, 0.15) is 17.7 Å². The highest BCUT2D eigenvalue weighted by atomic mass is 19.1. The van der Waals surface area contributed by atoms with E-state index in [1.54, 1.807) is 6.07 Å². The second-order valence-corrected chi connectivity index (χ2v) is 3.51. The van der Waals surface area contributed by atoms with Gasteiger partial charge in [-0.25, -0.2) is 4.39 Å². The predicted octanol–water partition coefficient (Wildman–Crippen LogP) is 2.30. The van der Waals surface area contributed by atoms with Gasteiger partial charge < -0.3 is 9.47 Å². The van der Waals surface area contributed by atoms with Crippen LogP contribution in [-0.4, -0.2) is 19.3 Å². The van der Waals surface area contributed by atoms with Crippen LogP contribution in [0.15, 0.2) is 18.2 Å². The lowest BCUT2D eigenvalue weighted by Gasteiger charge is -2.13. The van der Waals surface area contributed by atoms with Crippen molar-refractivity contribution in [2.45, 2.75) is 19.4 Å². The van der Waals surface area contributed by atoms with E-state index in [0.717, 1.165) is 24.3 Å². The first-order valence-corrected chi connectivity index (χ1v) is 4.76. The third kappa shape index (κ3) is 2.04. The minimum Gasteiger partial charge on any atom is -0.488 e. The van der Waals surface area contributed by atoms with Crippen molar-refractivity contribution < 1.29 is 13.9 Å². The molecule has 1 aliphatic heterocycles. The van der Waals surface area contributed by atoms with Gasteiger partial charge in [-0.1, -0.05) is 0 Å². The Morgan fingerprint density at radius 2 is 2.36 bits per heavy atom. The van der Waals surface area contributed by atoms with Gasteiger partial charge in [-0.05, 0) is 30.7 Å².